The van der Waals surface area contributed by atoms with Crippen LogP contribution >= 0.6 is 0 Å². The van der Waals surface area contributed by atoms with Crippen LogP contribution in [-0.4, -0.2) is 37.9 Å². The molecule has 0 spiro atoms. The molecule has 0 heterocycles. The molecule has 0 aromatic rings. The lowest BCUT2D eigenvalue weighted by atomic mass is 10.2. The van der Waals surface area contributed by atoms with Crippen molar-refractivity contribution in [1.82, 2.24) is 0 Å². The molecule has 0 aromatic carbocycles. The van der Waals surface area contributed by atoms with E-state index >= 15 is 0 Å². The van der Waals surface area contributed by atoms with Gasteiger partial charge < -0.3 is 8.85 Å². The summed E-state index contributed by atoms with van der Waals surface area (Å²) in [7, 11) is -4.77. The molecule has 0 aromatic heterocycles. The van der Waals surface area contributed by atoms with Crippen LogP contribution in [0.1, 0.15) is 41.5 Å². The first-order valence-corrected chi connectivity index (χ1v) is 19.3. The Labute approximate surface area is 173 Å². The van der Waals surface area contributed by atoms with E-state index in [0.717, 1.165) is 12.1 Å². The molecule has 156 valence electrons. The van der Waals surface area contributed by atoms with Crippen LogP contribution in [0.4, 0.5) is 0 Å². The van der Waals surface area contributed by atoms with Crippen LogP contribution in [0.3, 0.4) is 0 Å². The lowest BCUT2D eigenvalue weighted by molar-refractivity contribution is 0.334. The first kappa shape index (κ1) is 26.7. The van der Waals surface area contributed by atoms with E-state index in [9.17, 15) is 0 Å². The van der Waals surface area contributed by atoms with Gasteiger partial charge in [-0.15, -0.1) is 11.8 Å². The first-order chi connectivity index (χ1) is 11.9. The second-order valence-electron chi connectivity index (χ2n) is 11.3. The third-order valence-electron chi connectivity index (χ3n) is 6.01. The Balaban J connectivity index is 4.39. The number of rotatable bonds is 6. The van der Waals surface area contributed by atoms with Crippen LogP contribution in [0.25, 0.3) is 0 Å². The maximum atomic E-state index is 6.12. The molecular formula is C22H44O2Si3. The average molecular weight is 425 g/mol. The highest BCUT2D eigenvalue weighted by atomic mass is 28.4. The van der Waals surface area contributed by atoms with Crippen LogP contribution in [-0.2, 0) is 8.85 Å². The number of hydrogen-bond donors (Lipinski definition) is 0. The third-order valence-corrected chi connectivity index (χ3v) is 17.2. The summed E-state index contributed by atoms with van der Waals surface area (Å²) < 4.78 is 12.2. The highest BCUT2D eigenvalue weighted by Crippen LogP contribution is 2.37. The van der Waals surface area contributed by atoms with Crippen molar-refractivity contribution in [1.29, 1.82) is 0 Å². The standard InChI is InChI=1S/C22H44O2Si3/c1-21(2,3)26(9,10)23-17-13-15-19-25(7,8)20-16-14-18-24-27(11,12)22(4,5)6/h17-20H2,1-12H3. The van der Waals surface area contributed by atoms with E-state index < -0.39 is 24.7 Å². The Hall–Kier alpha value is -0.309. The molecule has 5 heteroatoms. The molecule has 0 N–H and O–H groups in total. The molecule has 0 saturated carbocycles. The Kier molecular flexibility index (Phi) is 9.83. The summed E-state index contributed by atoms with van der Waals surface area (Å²) in [6.07, 6.45) is 0. The van der Waals surface area contributed by atoms with Crippen molar-refractivity contribution in [3.63, 3.8) is 0 Å². The summed E-state index contributed by atoms with van der Waals surface area (Å²) in [6, 6.07) is 1.96. The zero-order chi connectivity index (χ0) is 21.6. The van der Waals surface area contributed by atoms with Crippen LogP contribution in [0.2, 0.25) is 61.4 Å². The fraction of sp³-hybridized carbons (Fsp3) is 0.818. The lowest BCUT2D eigenvalue weighted by Crippen LogP contribution is -2.40. The maximum absolute atomic E-state index is 6.12. The Morgan fingerprint density at radius 3 is 1.11 bits per heavy atom. The van der Waals surface area contributed by atoms with Gasteiger partial charge in [0.05, 0.1) is 21.3 Å². The molecule has 0 atom stereocenters. The summed E-state index contributed by atoms with van der Waals surface area (Å²) in [4.78, 5) is 0. The molecule has 0 rings (SSSR count). The van der Waals surface area contributed by atoms with Crippen LogP contribution in [0, 0.1) is 23.7 Å². The van der Waals surface area contributed by atoms with E-state index in [4.69, 9.17) is 8.85 Å². The molecule has 0 amide bonds. The minimum absolute atomic E-state index is 0.241. The molecule has 2 nitrogen and oxygen atoms in total. The van der Waals surface area contributed by atoms with E-state index in [0.29, 0.717) is 13.2 Å². The van der Waals surface area contributed by atoms with Crippen molar-refractivity contribution in [2.75, 3.05) is 13.2 Å². The van der Waals surface area contributed by atoms with Gasteiger partial charge in [0.15, 0.2) is 16.6 Å². The normalized spacial score (nSPS) is 13.5. The van der Waals surface area contributed by atoms with Crippen LogP contribution < -0.4 is 0 Å². The van der Waals surface area contributed by atoms with E-state index in [2.05, 4.69) is 105 Å². The molecule has 0 aliphatic carbocycles. The minimum atomic E-state index is -1.68. The van der Waals surface area contributed by atoms with Gasteiger partial charge in [-0.1, -0.05) is 66.5 Å². The smallest absolute Gasteiger partial charge is 0.193 e. The molecule has 0 saturated heterocycles. The molecule has 0 aliphatic heterocycles. The zero-order valence-electron chi connectivity index (χ0n) is 20.1. The maximum Gasteiger partial charge on any atom is 0.193 e. The molecular weight excluding hydrogens is 380 g/mol. The third kappa shape index (κ3) is 10.1. The molecule has 0 bridgehead atoms. The van der Waals surface area contributed by atoms with Crippen molar-refractivity contribution >= 4 is 24.7 Å². The summed E-state index contributed by atoms with van der Waals surface area (Å²) in [5.74, 6) is 13.2. The van der Waals surface area contributed by atoms with Crippen molar-refractivity contribution in [3.05, 3.63) is 0 Å². The SMILES string of the molecule is CC(C)(C)[Si](C)(C)OCC#CC[Si](C)(C)CC#CCO[Si](C)(C)C(C)(C)C. The second kappa shape index (κ2) is 9.94. The summed E-state index contributed by atoms with van der Waals surface area (Å²) >= 11 is 0. The van der Waals surface area contributed by atoms with Gasteiger partial charge in [-0.25, -0.2) is 0 Å². The molecule has 0 unspecified atom stereocenters. The van der Waals surface area contributed by atoms with Gasteiger partial charge in [-0.05, 0) is 36.3 Å². The quantitative estimate of drug-likeness (QED) is 0.347. The molecule has 0 radical (unpaired) electrons. The fourth-order valence-electron chi connectivity index (χ4n) is 1.63. The molecule has 0 fully saturated rings. The molecule has 27 heavy (non-hydrogen) atoms. The van der Waals surface area contributed by atoms with Crippen LogP contribution in [0.15, 0.2) is 0 Å². The summed E-state index contributed by atoms with van der Waals surface area (Å²) in [5.41, 5.74) is 0. The second-order valence-corrected chi connectivity index (χ2v) is 26.0. The monoisotopic (exact) mass is 424 g/mol. The predicted molar refractivity (Wildman–Crippen MR) is 129 cm³/mol. The fourth-order valence-corrected chi connectivity index (χ4v) is 4.70. The Morgan fingerprint density at radius 1 is 0.556 bits per heavy atom. The largest absolute Gasteiger partial charge is 0.406 e. The average Bonchev–Trinajstić information content (AvgIpc) is 2.43. The summed E-state index contributed by atoms with van der Waals surface area (Å²) in [6.45, 7) is 28.5. The van der Waals surface area contributed by atoms with Crippen molar-refractivity contribution in [2.45, 2.75) is 103 Å². The zero-order valence-corrected chi connectivity index (χ0v) is 23.1. The topological polar surface area (TPSA) is 18.5 Å². The highest BCUT2D eigenvalue weighted by Gasteiger charge is 2.37. The lowest BCUT2D eigenvalue weighted by Gasteiger charge is -2.35. The van der Waals surface area contributed by atoms with Crippen LogP contribution in [0.5, 0.6) is 0 Å². The number of hydrogen-bond acceptors (Lipinski definition) is 2. The molecule has 0 aliphatic rings. The van der Waals surface area contributed by atoms with E-state index in [1.54, 1.807) is 0 Å². The van der Waals surface area contributed by atoms with Gasteiger partial charge in [0.2, 0.25) is 0 Å². The van der Waals surface area contributed by atoms with E-state index in [1.165, 1.54) is 0 Å². The first-order valence-electron chi connectivity index (χ1n) is 10.1. The highest BCUT2D eigenvalue weighted by molar-refractivity contribution is 6.78. The van der Waals surface area contributed by atoms with Gasteiger partial charge in [0, 0.05) is 12.1 Å². The van der Waals surface area contributed by atoms with Gasteiger partial charge in [-0.2, -0.15) is 0 Å². The Bertz CT molecular complexity index is 533. The van der Waals surface area contributed by atoms with E-state index in [-0.39, 0.29) is 10.1 Å². The van der Waals surface area contributed by atoms with Gasteiger partial charge in [-0.3, -0.25) is 0 Å². The minimum Gasteiger partial charge on any atom is -0.406 e. The van der Waals surface area contributed by atoms with Gasteiger partial charge in [0.25, 0.3) is 0 Å². The van der Waals surface area contributed by atoms with Crippen molar-refractivity contribution in [2.24, 2.45) is 0 Å². The van der Waals surface area contributed by atoms with Crippen molar-refractivity contribution in [3.8, 4) is 23.7 Å². The van der Waals surface area contributed by atoms with Crippen molar-refractivity contribution < 1.29 is 8.85 Å². The Morgan fingerprint density at radius 2 is 0.852 bits per heavy atom. The predicted octanol–water partition coefficient (Wildman–Crippen LogP) is 6.75. The van der Waals surface area contributed by atoms with Gasteiger partial charge in [0.1, 0.15) is 0 Å². The van der Waals surface area contributed by atoms with E-state index in [1.807, 2.05) is 0 Å². The summed E-state index contributed by atoms with van der Waals surface area (Å²) in [5, 5.41) is 0.482. The van der Waals surface area contributed by atoms with Gasteiger partial charge >= 0.3 is 0 Å².